The molecule has 2 aromatic carbocycles. The van der Waals surface area contributed by atoms with Gasteiger partial charge in [0.15, 0.2) is 11.5 Å². The van der Waals surface area contributed by atoms with Crippen LogP contribution in [0.15, 0.2) is 60.8 Å². The van der Waals surface area contributed by atoms with Crippen molar-refractivity contribution in [2.75, 3.05) is 27.3 Å². The van der Waals surface area contributed by atoms with E-state index in [-0.39, 0.29) is 5.91 Å². The van der Waals surface area contributed by atoms with Gasteiger partial charge in [-0.15, -0.1) is 0 Å². The van der Waals surface area contributed by atoms with Crippen molar-refractivity contribution in [3.8, 4) is 28.4 Å². The van der Waals surface area contributed by atoms with Gasteiger partial charge in [-0.25, -0.2) is 4.68 Å². The topological polar surface area (TPSA) is 56.6 Å². The summed E-state index contributed by atoms with van der Waals surface area (Å²) in [5.74, 6) is 1.35. The van der Waals surface area contributed by atoms with Crippen LogP contribution in [0.1, 0.15) is 31.2 Å². The predicted octanol–water partition coefficient (Wildman–Crippen LogP) is 4.97. The standard InChI is InChI=1S/C26H29N3O3/c1-31-23-14-12-20(18-24(23)32-2)26-21(19-29(27-26)22-10-6-5-7-11-22)13-15-25(30)28-16-8-3-4-9-17-28/h5-7,10-15,18-19H,3-4,8-9,16-17H2,1-2H3. The lowest BCUT2D eigenvalue weighted by Crippen LogP contribution is -2.30. The van der Waals surface area contributed by atoms with Crippen LogP contribution in [0, 0.1) is 0 Å². The summed E-state index contributed by atoms with van der Waals surface area (Å²) >= 11 is 0. The molecule has 166 valence electrons. The maximum Gasteiger partial charge on any atom is 0.246 e. The first-order valence-corrected chi connectivity index (χ1v) is 11.0. The van der Waals surface area contributed by atoms with Gasteiger partial charge in [-0.3, -0.25) is 4.79 Å². The molecule has 0 N–H and O–H groups in total. The molecule has 6 nitrogen and oxygen atoms in total. The molecule has 1 aliphatic heterocycles. The number of likely N-dealkylation sites (tertiary alicyclic amines) is 1. The summed E-state index contributed by atoms with van der Waals surface area (Å²) in [5.41, 5.74) is 3.48. The quantitative estimate of drug-likeness (QED) is 0.517. The SMILES string of the molecule is COc1ccc(-c2nn(-c3ccccc3)cc2C=CC(=O)N2CCCCCC2)cc1OC. The Morgan fingerprint density at radius 1 is 0.938 bits per heavy atom. The van der Waals surface area contributed by atoms with Gasteiger partial charge in [-0.05, 0) is 49.2 Å². The van der Waals surface area contributed by atoms with E-state index >= 15 is 0 Å². The molecule has 1 saturated heterocycles. The number of ether oxygens (including phenoxy) is 2. The molecule has 0 bridgehead atoms. The fourth-order valence-electron chi connectivity index (χ4n) is 3.99. The van der Waals surface area contributed by atoms with Crippen molar-refractivity contribution in [2.24, 2.45) is 0 Å². The summed E-state index contributed by atoms with van der Waals surface area (Å²) in [6.07, 6.45) is 10.0. The van der Waals surface area contributed by atoms with Crippen molar-refractivity contribution in [3.05, 3.63) is 66.4 Å². The van der Waals surface area contributed by atoms with Crippen molar-refractivity contribution in [2.45, 2.75) is 25.7 Å². The highest BCUT2D eigenvalue weighted by Gasteiger charge is 2.16. The smallest absolute Gasteiger partial charge is 0.246 e. The Balaban J connectivity index is 1.70. The number of methoxy groups -OCH3 is 2. The maximum atomic E-state index is 12.8. The highest BCUT2D eigenvalue weighted by atomic mass is 16.5. The molecule has 0 aliphatic carbocycles. The lowest BCUT2D eigenvalue weighted by molar-refractivity contribution is -0.125. The van der Waals surface area contributed by atoms with Gasteiger partial charge in [0.25, 0.3) is 0 Å². The number of rotatable bonds is 6. The Morgan fingerprint density at radius 3 is 2.34 bits per heavy atom. The van der Waals surface area contributed by atoms with Crippen LogP contribution in [0.3, 0.4) is 0 Å². The van der Waals surface area contributed by atoms with E-state index in [4.69, 9.17) is 14.6 Å². The van der Waals surface area contributed by atoms with E-state index in [1.807, 2.05) is 70.4 Å². The molecule has 0 unspecified atom stereocenters. The normalized spacial score (nSPS) is 14.4. The average Bonchev–Trinajstić information content (AvgIpc) is 3.08. The Labute approximate surface area is 189 Å². The zero-order valence-electron chi connectivity index (χ0n) is 18.7. The second-order valence-electron chi connectivity index (χ2n) is 7.86. The van der Waals surface area contributed by atoms with Crippen molar-refractivity contribution in [1.82, 2.24) is 14.7 Å². The van der Waals surface area contributed by atoms with E-state index in [0.29, 0.717) is 11.5 Å². The third kappa shape index (κ3) is 4.85. The summed E-state index contributed by atoms with van der Waals surface area (Å²) < 4.78 is 12.7. The van der Waals surface area contributed by atoms with Crippen LogP contribution in [0.25, 0.3) is 23.0 Å². The van der Waals surface area contributed by atoms with Crippen LogP contribution in [0.2, 0.25) is 0 Å². The largest absolute Gasteiger partial charge is 0.493 e. The molecular weight excluding hydrogens is 402 g/mol. The van der Waals surface area contributed by atoms with Crippen molar-refractivity contribution in [1.29, 1.82) is 0 Å². The number of para-hydroxylation sites is 1. The first kappa shape index (κ1) is 21.7. The van der Waals surface area contributed by atoms with Crippen LogP contribution in [0.4, 0.5) is 0 Å². The Hall–Kier alpha value is -3.54. The molecule has 3 aromatic rings. The molecule has 6 heteroatoms. The average molecular weight is 432 g/mol. The minimum absolute atomic E-state index is 0.0534. The zero-order chi connectivity index (χ0) is 22.3. The molecule has 0 saturated carbocycles. The van der Waals surface area contributed by atoms with E-state index in [2.05, 4.69) is 0 Å². The number of benzene rings is 2. The number of hydrogen-bond donors (Lipinski definition) is 0. The minimum atomic E-state index is 0.0534. The van der Waals surface area contributed by atoms with E-state index in [9.17, 15) is 4.79 Å². The van der Waals surface area contributed by atoms with Crippen molar-refractivity contribution >= 4 is 12.0 Å². The number of carbonyl (C=O) groups excluding carboxylic acids is 1. The van der Waals surface area contributed by atoms with Crippen molar-refractivity contribution < 1.29 is 14.3 Å². The summed E-state index contributed by atoms with van der Waals surface area (Å²) in [7, 11) is 3.23. The van der Waals surface area contributed by atoms with Gasteiger partial charge < -0.3 is 14.4 Å². The zero-order valence-corrected chi connectivity index (χ0v) is 18.7. The van der Waals surface area contributed by atoms with Gasteiger partial charge in [0.05, 0.1) is 19.9 Å². The molecule has 2 heterocycles. The highest BCUT2D eigenvalue weighted by Crippen LogP contribution is 2.33. The van der Waals surface area contributed by atoms with Crippen molar-refractivity contribution in [3.63, 3.8) is 0 Å². The Kier molecular flexibility index (Phi) is 6.90. The van der Waals surface area contributed by atoms with E-state index in [1.54, 1.807) is 20.3 Å². The second-order valence-corrected chi connectivity index (χ2v) is 7.86. The number of nitrogens with zero attached hydrogens (tertiary/aromatic N) is 3. The van der Waals surface area contributed by atoms with Gasteiger partial charge in [-0.2, -0.15) is 5.10 Å². The predicted molar refractivity (Wildman–Crippen MR) is 126 cm³/mol. The Bertz CT molecular complexity index is 1080. The summed E-state index contributed by atoms with van der Waals surface area (Å²) in [4.78, 5) is 14.8. The number of aromatic nitrogens is 2. The molecule has 1 amide bonds. The van der Waals surface area contributed by atoms with Crippen LogP contribution in [0.5, 0.6) is 11.5 Å². The number of amides is 1. The summed E-state index contributed by atoms with van der Waals surface area (Å²) in [5, 5.41) is 4.83. The number of hydrogen-bond acceptors (Lipinski definition) is 4. The molecule has 1 fully saturated rings. The van der Waals surface area contributed by atoms with Gasteiger partial charge in [0.1, 0.15) is 5.69 Å². The molecule has 1 aliphatic rings. The van der Waals surface area contributed by atoms with E-state index in [0.717, 1.165) is 48.4 Å². The maximum absolute atomic E-state index is 12.8. The van der Waals surface area contributed by atoms with E-state index < -0.39 is 0 Å². The second kappa shape index (κ2) is 10.2. The molecule has 1 aromatic heterocycles. The fourth-order valence-corrected chi connectivity index (χ4v) is 3.99. The lowest BCUT2D eigenvalue weighted by atomic mass is 10.1. The van der Waals surface area contributed by atoms with Crippen LogP contribution >= 0.6 is 0 Å². The first-order valence-electron chi connectivity index (χ1n) is 11.0. The van der Waals surface area contributed by atoms with Gasteiger partial charge >= 0.3 is 0 Å². The molecule has 0 radical (unpaired) electrons. The van der Waals surface area contributed by atoms with Crippen LogP contribution in [-0.4, -0.2) is 47.9 Å². The monoisotopic (exact) mass is 431 g/mol. The number of carbonyl (C=O) groups is 1. The van der Waals surface area contributed by atoms with Gasteiger partial charge in [0.2, 0.25) is 5.91 Å². The molecular formula is C26H29N3O3. The van der Waals surface area contributed by atoms with Gasteiger partial charge in [-0.1, -0.05) is 31.0 Å². The summed E-state index contributed by atoms with van der Waals surface area (Å²) in [6, 6.07) is 15.7. The molecule has 32 heavy (non-hydrogen) atoms. The van der Waals surface area contributed by atoms with E-state index in [1.165, 1.54) is 12.8 Å². The molecule has 4 rings (SSSR count). The lowest BCUT2D eigenvalue weighted by Gasteiger charge is -2.17. The Morgan fingerprint density at radius 2 is 1.66 bits per heavy atom. The fraction of sp³-hybridized carbons (Fsp3) is 0.308. The summed E-state index contributed by atoms with van der Waals surface area (Å²) in [6.45, 7) is 1.66. The van der Waals surface area contributed by atoms with Gasteiger partial charge in [0, 0.05) is 36.5 Å². The van der Waals surface area contributed by atoms with Crippen LogP contribution in [-0.2, 0) is 4.79 Å². The van der Waals surface area contributed by atoms with Crippen LogP contribution < -0.4 is 9.47 Å². The first-order chi connectivity index (χ1) is 15.7. The third-order valence-corrected chi connectivity index (χ3v) is 5.74. The highest BCUT2D eigenvalue weighted by molar-refractivity contribution is 5.93. The third-order valence-electron chi connectivity index (χ3n) is 5.74. The molecule has 0 atom stereocenters. The minimum Gasteiger partial charge on any atom is -0.493 e. The molecule has 0 spiro atoms.